The molecule has 0 spiro atoms. The Balaban J connectivity index is 1.57. The lowest BCUT2D eigenvalue weighted by atomic mass is 10.0. The van der Waals surface area contributed by atoms with E-state index in [1.165, 1.54) is 18.5 Å². The van der Waals surface area contributed by atoms with Crippen molar-refractivity contribution in [2.75, 3.05) is 5.32 Å². The molecule has 2 N–H and O–H groups in total. The quantitative estimate of drug-likeness (QED) is 0.581. The molecule has 0 radical (unpaired) electrons. The van der Waals surface area contributed by atoms with Crippen LogP contribution < -0.4 is 5.32 Å². The maximum Gasteiger partial charge on any atom is 0.162 e. The number of aromatic nitrogens is 5. The van der Waals surface area contributed by atoms with Gasteiger partial charge < -0.3 is 10.3 Å². The van der Waals surface area contributed by atoms with Crippen LogP contribution in [0.2, 0.25) is 0 Å². The number of H-pyrrole nitrogens is 1. The Kier molecular flexibility index (Phi) is 3.34. The fourth-order valence-electron chi connectivity index (χ4n) is 3.36. The van der Waals surface area contributed by atoms with Gasteiger partial charge >= 0.3 is 0 Å². The van der Waals surface area contributed by atoms with E-state index in [2.05, 4.69) is 38.2 Å². The van der Waals surface area contributed by atoms with E-state index in [9.17, 15) is 4.39 Å². The summed E-state index contributed by atoms with van der Waals surface area (Å²) in [6.07, 6.45) is 5.38. The van der Waals surface area contributed by atoms with Crippen molar-refractivity contribution in [2.45, 2.75) is 31.7 Å². The first-order chi connectivity index (χ1) is 12.7. The summed E-state index contributed by atoms with van der Waals surface area (Å²) in [5.41, 5.74) is 4.29. The molecule has 6 nitrogen and oxygen atoms in total. The lowest BCUT2D eigenvalue weighted by Gasteiger charge is -2.19. The Morgan fingerprint density at radius 2 is 2.08 bits per heavy atom. The normalized spacial score (nSPS) is 15.5. The number of benzene rings is 1. The Hall–Kier alpha value is -3.09. The third kappa shape index (κ3) is 2.56. The predicted molar refractivity (Wildman–Crippen MR) is 97.4 cm³/mol. The molecule has 1 aromatic carbocycles. The molecule has 5 rings (SSSR count). The standard InChI is InChI=1S/C19H17FN6/c1-10(25-19-17-18(22-8-21-17)23-9-24-19)14-6-12-4-5-13(20)7-15(12)26-16(14)11-2-3-11/h4-11H,2-3H2,1H3,(H2,21,22,23,24,25)/t10-/m0/s1. The van der Waals surface area contributed by atoms with Gasteiger partial charge in [0.05, 0.1) is 17.9 Å². The Morgan fingerprint density at radius 1 is 1.19 bits per heavy atom. The number of hydrogen-bond donors (Lipinski definition) is 2. The Labute approximate surface area is 148 Å². The summed E-state index contributed by atoms with van der Waals surface area (Å²) >= 11 is 0. The molecule has 3 heterocycles. The van der Waals surface area contributed by atoms with Gasteiger partial charge in [-0.2, -0.15) is 0 Å². The molecular weight excluding hydrogens is 331 g/mol. The van der Waals surface area contributed by atoms with E-state index < -0.39 is 0 Å². The summed E-state index contributed by atoms with van der Waals surface area (Å²) in [6.45, 7) is 2.08. The summed E-state index contributed by atoms with van der Waals surface area (Å²) in [6, 6.07) is 6.85. The first-order valence-electron chi connectivity index (χ1n) is 8.70. The largest absolute Gasteiger partial charge is 0.362 e. The van der Waals surface area contributed by atoms with Crippen LogP contribution in [0.3, 0.4) is 0 Å². The molecular formula is C19H17FN6. The number of anilines is 1. The van der Waals surface area contributed by atoms with Crippen LogP contribution in [0, 0.1) is 5.82 Å². The number of nitrogens with one attached hydrogen (secondary N) is 2. The average molecular weight is 348 g/mol. The van der Waals surface area contributed by atoms with E-state index in [4.69, 9.17) is 4.98 Å². The Morgan fingerprint density at radius 3 is 2.92 bits per heavy atom. The van der Waals surface area contributed by atoms with Crippen LogP contribution >= 0.6 is 0 Å². The van der Waals surface area contributed by atoms with Crippen LogP contribution in [-0.4, -0.2) is 24.9 Å². The van der Waals surface area contributed by atoms with Gasteiger partial charge in [0.25, 0.3) is 0 Å². The number of hydrogen-bond acceptors (Lipinski definition) is 5. The van der Waals surface area contributed by atoms with Gasteiger partial charge in [-0.15, -0.1) is 0 Å². The van der Waals surface area contributed by atoms with Crippen molar-refractivity contribution < 1.29 is 4.39 Å². The lowest BCUT2D eigenvalue weighted by molar-refractivity contribution is 0.629. The zero-order valence-corrected chi connectivity index (χ0v) is 14.2. The predicted octanol–water partition coefficient (Wildman–Crippen LogP) is 4.09. The van der Waals surface area contributed by atoms with Crippen LogP contribution in [0.25, 0.3) is 22.1 Å². The topological polar surface area (TPSA) is 79.4 Å². The van der Waals surface area contributed by atoms with Crippen LogP contribution in [0.15, 0.2) is 36.9 Å². The summed E-state index contributed by atoms with van der Waals surface area (Å²) in [7, 11) is 0. The zero-order valence-electron chi connectivity index (χ0n) is 14.2. The van der Waals surface area contributed by atoms with Crippen molar-refractivity contribution >= 4 is 27.9 Å². The van der Waals surface area contributed by atoms with Gasteiger partial charge in [-0.1, -0.05) is 0 Å². The number of fused-ring (bicyclic) bond motifs is 2. The molecule has 0 aliphatic heterocycles. The van der Waals surface area contributed by atoms with E-state index in [1.54, 1.807) is 12.4 Å². The molecule has 0 bridgehead atoms. The van der Waals surface area contributed by atoms with E-state index in [0.29, 0.717) is 28.4 Å². The number of pyridine rings is 1. The fraction of sp³-hybridized carbons (Fsp3) is 0.263. The zero-order chi connectivity index (χ0) is 17.7. The average Bonchev–Trinajstić information content (AvgIpc) is 3.37. The van der Waals surface area contributed by atoms with E-state index in [1.807, 2.05) is 0 Å². The van der Waals surface area contributed by atoms with Crippen molar-refractivity contribution in [3.05, 3.63) is 54.0 Å². The molecule has 1 saturated carbocycles. The number of nitrogens with zero attached hydrogens (tertiary/aromatic N) is 4. The van der Waals surface area contributed by atoms with Gasteiger partial charge in [-0.05, 0) is 43.5 Å². The molecule has 1 atom stereocenters. The van der Waals surface area contributed by atoms with Gasteiger partial charge in [0.2, 0.25) is 0 Å². The summed E-state index contributed by atoms with van der Waals surface area (Å²) < 4.78 is 13.6. The highest BCUT2D eigenvalue weighted by Gasteiger charge is 2.29. The highest BCUT2D eigenvalue weighted by atomic mass is 19.1. The first kappa shape index (κ1) is 15.2. The minimum absolute atomic E-state index is 0.0117. The van der Waals surface area contributed by atoms with Crippen LogP contribution in [0.1, 0.15) is 43.0 Å². The molecule has 4 aromatic rings. The molecule has 1 fully saturated rings. The molecule has 0 unspecified atom stereocenters. The summed E-state index contributed by atoms with van der Waals surface area (Å²) in [4.78, 5) is 20.6. The van der Waals surface area contributed by atoms with E-state index in [0.717, 1.165) is 29.5 Å². The second-order valence-electron chi connectivity index (χ2n) is 6.76. The van der Waals surface area contributed by atoms with Gasteiger partial charge in [-0.25, -0.2) is 19.3 Å². The van der Waals surface area contributed by atoms with Crippen LogP contribution in [0.4, 0.5) is 10.2 Å². The molecule has 1 aliphatic carbocycles. The minimum atomic E-state index is -0.257. The molecule has 7 heteroatoms. The van der Waals surface area contributed by atoms with Gasteiger partial charge in [0.1, 0.15) is 17.7 Å². The second kappa shape index (κ2) is 5.72. The molecule has 0 amide bonds. The van der Waals surface area contributed by atoms with Crippen molar-refractivity contribution in [3.8, 4) is 0 Å². The molecule has 0 saturated heterocycles. The highest BCUT2D eigenvalue weighted by Crippen LogP contribution is 2.43. The maximum atomic E-state index is 13.6. The second-order valence-corrected chi connectivity index (χ2v) is 6.76. The smallest absolute Gasteiger partial charge is 0.162 e. The van der Waals surface area contributed by atoms with Crippen molar-refractivity contribution in [1.82, 2.24) is 24.9 Å². The summed E-state index contributed by atoms with van der Waals surface area (Å²) in [5, 5.41) is 4.38. The van der Waals surface area contributed by atoms with Gasteiger partial charge in [0.15, 0.2) is 11.5 Å². The van der Waals surface area contributed by atoms with Crippen LogP contribution in [0.5, 0.6) is 0 Å². The first-order valence-corrected chi connectivity index (χ1v) is 8.70. The number of halogens is 1. The van der Waals surface area contributed by atoms with Crippen molar-refractivity contribution in [3.63, 3.8) is 0 Å². The summed E-state index contributed by atoms with van der Waals surface area (Å²) in [5.74, 6) is 0.884. The third-order valence-corrected chi connectivity index (χ3v) is 4.84. The lowest BCUT2D eigenvalue weighted by Crippen LogP contribution is -2.12. The third-order valence-electron chi connectivity index (χ3n) is 4.84. The van der Waals surface area contributed by atoms with Gasteiger partial charge in [-0.3, -0.25) is 4.98 Å². The molecule has 26 heavy (non-hydrogen) atoms. The van der Waals surface area contributed by atoms with E-state index >= 15 is 0 Å². The fourth-order valence-corrected chi connectivity index (χ4v) is 3.36. The molecule has 1 aliphatic rings. The van der Waals surface area contributed by atoms with Crippen molar-refractivity contribution in [2.24, 2.45) is 0 Å². The van der Waals surface area contributed by atoms with Crippen molar-refractivity contribution in [1.29, 1.82) is 0 Å². The highest BCUT2D eigenvalue weighted by molar-refractivity contribution is 5.83. The maximum absolute atomic E-state index is 13.6. The molecule has 3 aromatic heterocycles. The number of imidazole rings is 1. The minimum Gasteiger partial charge on any atom is -0.362 e. The SMILES string of the molecule is C[C@H](Nc1ncnc2[nH]cnc12)c1cc2ccc(F)cc2nc1C1CC1. The van der Waals surface area contributed by atoms with E-state index in [-0.39, 0.29) is 11.9 Å². The Bertz CT molecular complexity index is 1120. The van der Waals surface area contributed by atoms with Gasteiger partial charge in [0, 0.05) is 23.1 Å². The molecule has 130 valence electrons. The monoisotopic (exact) mass is 348 g/mol. The number of rotatable bonds is 4. The number of aromatic amines is 1. The van der Waals surface area contributed by atoms with Crippen LogP contribution in [-0.2, 0) is 0 Å².